The van der Waals surface area contributed by atoms with E-state index in [-0.39, 0.29) is 87.6 Å². The summed E-state index contributed by atoms with van der Waals surface area (Å²) in [4.78, 5) is 0. The molecule has 3 aliphatic rings. The molecule has 0 N–H and O–H groups in total. The normalized spacial score (nSPS) is 17.9. The fourth-order valence-electron chi connectivity index (χ4n) is 2.01. The molecule has 0 aromatic carbocycles. The van der Waals surface area contributed by atoms with Gasteiger partial charge in [-0.15, -0.1) is 0 Å². The second-order valence-electron chi connectivity index (χ2n) is 5.04. The molecule has 0 atom stereocenters. The Kier molecular flexibility index (Phi) is 14.0. The van der Waals surface area contributed by atoms with E-state index in [1.807, 2.05) is 0 Å². The molecule has 0 fully saturated rings. The number of allylic oxidation sites excluding steroid dienone is 12. The summed E-state index contributed by atoms with van der Waals surface area (Å²) in [6.07, 6.45) is 26.8. The molecule has 3 rings (SSSR count). The van der Waals surface area contributed by atoms with Crippen LogP contribution in [0.1, 0.15) is 0 Å². The molecule has 0 radical (unpaired) electrons. The van der Waals surface area contributed by atoms with Crippen LogP contribution in [0.5, 0.6) is 0 Å². The first-order valence-corrected chi connectivity index (χ1v) is 21.2. The van der Waals surface area contributed by atoms with Crippen LogP contribution in [0.15, 0.2) is 72.9 Å². The predicted molar refractivity (Wildman–Crippen MR) is 83.7 cm³/mol. The molecule has 0 nitrogen and oxygen atoms in total. The van der Waals surface area contributed by atoms with Crippen molar-refractivity contribution in [1.29, 1.82) is 0 Å². The topological polar surface area (TPSA) is 0 Å². The molecule has 0 amide bonds. The fraction of sp³-hybridized carbons (Fsp3) is 0.333. The average Bonchev–Trinajstić information content (AvgIpc) is 3.31. The van der Waals surface area contributed by atoms with Crippen LogP contribution < -0.4 is 0 Å². The van der Waals surface area contributed by atoms with Crippen molar-refractivity contribution in [2.75, 3.05) is 0 Å². The standard InChI is InChI=1S/3C5H5.3CH3.3Y/c3*1-2-4-5-3-1;;;;;;/h3*1-5H;3*1H3;;;. The van der Waals surface area contributed by atoms with Crippen LogP contribution in [-0.2, 0) is 87.6 Å². The summed E-state index contributed by atoms with van der Waals surface area (Å²) >= 11 is -0.482. The Morgan fingerprint density at radius 2 is 0.619 bits per heavy atom. The summed E-state index contributed by atoms with van der Waals surface area (Å²) in [5.41, 5.74) is 0. The first-order valence-electron chi connectivity index (χ1n) is 7.73. The SMILES string of the molecule is [CH3][Y][CH]1C=CC=C1.[CH3][Y][CH]1C=CC=C1.[CH3][Y][CH]1C=CC=C1. The Morgan fingerprint density at radius 1 is 0.429 bits per heavy atom. The molecule has 0 aromatic heterocycles. The molecule has 3 aliphatic carbocycles. The fourth-order valence-corrected chi connectivity index (χ4v) is 7.18. The molecular weight excluding hydrogens is 483 g/mol. The van der Waals surface area contributed by atoms with Crippen molar-refractivity contribution in [2.24, 2.45) is 0 Å². The monoisotopic (exact) mass is 507 g/mol. The molecular formula is C18H24Y3. The van der Waals surface area contributed by atoms with E-state index in [0.717, 1.165) is 8.19 Å². The van der Waals surface area contributed by atoms with Crippen molar-refractivity contribution in [2.45, 2.75) is 19.4 Å². The maximum absolute atomic E-state index is 2.39. The van der Waals surface area contributed by atoms with Gasteiger partial charge in [0.1, 0.15) is 0 Å². The van der Waals surface area contributed by atoms with Crippen LogP contribution in [0, 0.1) is 0 Å². The summed E-state index contributed by atoms with van der Waals surface area (Å²) in [5, 5.41) is 0. The van der Waals surface area contributed by atoms with Gasteiger partial charge in [0.2, 0.25) is 0 Å². The Balaban J connectivity index is 0.000000157. The summed E-state index contributed by atoms with van der Waals surface area (Å²) in [7, 11) is 0. The van der Waals surface area contributed by atoms with E-state index in [4.69, 9.17) is 0 Å². The number of hydrogen-bond donors (Lipinski definition) is 0. The van der Waals surface area contributed by atoms with Crippen molar-refractivity contribution < 1.29 is 87.6 Å². The number of rotatable bonds is 3. The van der Waals surface area contributed by atoms with Crippen molar-refractivity contribution in [1.82, 2.24) is 0 Å². The van der Waals surface area contributed by atoms with Crippen LogP contribution in [0.2, 0.25) is 19.4 Å². The van der Waals surface area contributed by atoms with Crippen LogP contribution in [0.4, 0.5) is 0 Å². The molecule has 0 saturated heterocycles. The van der Waals surface area contributed by atoms with Crippen LogP contribution in [0.25, 0.3) is 0 Å². The molecule has 3 heteroatoms. The third-order valence-corrected chi connectivity index (χ3v) is 12.4. The summed E-state index contributed by atoms with van der Waals surface area (Å²) < 4.78 is 9.95. The van der Waals surface area contributed by atoms with Crippen LogP contribution in [-0.4, -0.2) is 0 Å². The molecule has 0 aromatic rings. The van der Waals surface area contributed by atoms with Gasteiger partial charge < -0.3 is 0 Å². The van der Waals surface area contributed by atoms with Crippen molar-refractivity contribution >= 4 is 0 Å². The maximum atomic E-state index is 2.39. The molecule has 0 unspecified atom stereocenters. The summed E-state index contributed by atoms with van der Waals surface area (Å²) in [6.45, 7) is 0. The Morgan fingerprint density at radius 3 is 0.714 bits per heavy atom. The molecule has 0 saturated carbocycles. The Labute approximate surface area is 176 Å². The molecule has 0 spiro atoms. The summed E-state index contributed by atoms with van der Waals surface area (Å²) in [5.74, 6) is 0. The molecule has 0 bridgehead atoms. The first-order chi connectivity index (χ1) is 10.3. The Hall–Kier alpha value is 1.75. The van der Waals surface area contributed by atoms with E-state index in [0.29, 0.717) is 0 Å². The van der Waals surface area contributed by atoms with Gasteiger partial charge in [0, 0.05) is 0 Å². The summed E-state index contributed by atoms with van der Waals surface area (Å²) in [6, 6.07) is 0. The van der Waals surface area contributed by atoms with Gasteiger partial charge in [-0.25, -0.2) is 0 Å². The third-order valence-electron chi connectivity index (χ3n) is 3.49. The van der Waals surface area contributed by atoms with E-state index in [1.165, 1.54) is 0 Å². The van der Waals surface area contributed by atoms with E-state index < -0.39 is 0 Å². The van der Waals surface area contributed by atoms with E-state index in [1.54, 1.807) is 0 Å². The van der Waals surface area contributed by atoms with Gasteiger partial charge in [-0.3, -0.25) is 0 Å². The van der Waals surface area contributed by atoms with Crippen LogP contribution in [0.3, 0.4) is 0 Å². The number of hydrogen-bond acceptors (Lipinski definition) is 0. The zero-order valence-corrected chi connectivity index (χ0v) is 21.9. The second-order valence-corrected chi connectivity index (χ2v) is 15.6. The van der Waals surface area contributed by atoms with Crippen molar-refractivity contribution in [3.63, 3.8) is 0 Å². The minimum atomic E-state index is -0.161. The molecule has 105 valence electrons. The van der Waals surface area contributed by atoms with Gasteiger partial charge in [-0.1, -0.05) is 0 Å². The first kappa shape index (κ1) is 20.8. The van der Waals surface area contributed by atoms with Crippen molar-refractivity contribution in [3.8, 4) is 0 Å². The van der Waals surface area contributed by atoms with E-state index >= 15 is 0 Å². The Bertz CT molecular complexity index is 339. The molecule has 0 aliphatic heterocycles. The quantitative estimate of drug-likeness (QED) is 0.434. The zero-order valence-electron chi connectivity index (χ0n) is 13.4. The van der Waals surface area contributed by atoms with Crippen molar-refractivity contribution in [3.05, 3.63) is 72.9 Å². The van der Waals surface area contributed by atoms with E-state index in [9.17, 15) is 0 Å². The minimum absolute atomic E-state index is 0.161. The van der Waals surface area contributed by atoms with Gasteiger partial charge in [0.05, 0.1) is 0 Å². The molecule has 21 heavy (non-hydrogen) atoms. The molecule has 0 heterocycles. The van der Waals surface area contributed by atoms with Gasteiger partial charge in [-0.2, -0.15) is 0 Å². The predicted octanol–water partition coefficient (Wildman–Crippen LogP) is 6.09. The van der Waals surface area contributed by atoms with Gasteiger partial charge >= 0.3 is 180 Å². The van der Waals surface area contributed by atoms with Gasteiger partial charge in [0.25, 0.3) is 0 Å². The third kappa shape index (κ3) is 10.3. The average molecular weight is 507 g/mol. The van der Waals surface area contributed by atoms with E-state index in [2.05, 4.69) is 84.1 Å². The van der Waals surface area contributed by atoms with Gasteiger partial charge in [-0.05, 0) is 0 Å². The van der Waals surface area contributed by atoms with Crippen LogP contribution >= 0.6 is 0 Å². The second kappa shape index (κ2) is 14.1. The zero-order chi connectivity index (χ0) is 15.3. The van der Waals surface area contributed by atoms with Gasteiger partial charge in [0.15, 0.2) is 0 Å².